The van der Waals surface area contributed by atoms with E-state index in [2.05, 4.69) is 135 Å². The number of nitrogens with zero attached hydrogens (tertiary/aromatic N) is 1. The Labute approximate surface area is 518 Å². The van der Waals surface area contributed by atoms with Crippen LogP contribution in [-0.2, 0) is 27.9 Å². The number of rotatable bonds is 61. The monoisotopic (exact) mass is 1190 g/mol. The molecule has 3 unspecified atom stereocenters. The van der Waals surface area contributed by atoms with Crippen molar-refractivity contribution in [2.45, 2.75) is 296 Å². The lowest BCUT2D eigenvalue weighted by Crippen LogP contribution is -2.47. The quantitative estimate of drug-likeness (QED) is 0.0205. The van der Waals surface area contributed by atoms with Gasteiger partial charge in [0, 0.05) is 12.8 Å². The smallest absolute Gasteiger partial charge is 0.456 e. The van der Waals surface area contributed by atoms with Crippen molar-refractivity contribution in [3.63, 3.8) is 0 Å². The second-order valence-electron chi connectivity index (χ2n) is 24.0. The van der Waals surface area contributed by atoms with Crippen LogP contribution in [0.25, 0.3) is 0 Å². The molecule has 0 saturated heterocycles. The zero-order valence-electron chi connectivity index (χ0n) is 55.1. The molecule has 1 amide bonds. The predicted octanol–water partition coefficient (Wildman–Crippen LogP) is 21.8. The van der Waals surface area contributed by atoms with Gasteiger partial charge >= 0.3 is 13.8 Å². The molecule has 482 valence electrons. The maximum atomic E-state index is 13.6. The third-order valence-electron chi connectivity index (χ3n) is 14.6. The van der Waals surface area contributed by atoms with Gasteiger partial charge in [-0.15, -0.1) is 0 Å². The number of esters is 1. The summed E-state index contributed by atoms with van der Waals surface area (Å²) in [6.45, 7) is 6.84. The van der Waals surface area contributed by atoms with Crippen molar-refractivity contribution < 1.29 is 37.3 Å². The summed E-state index contributed by atoms with van der Waals surface area (Å²) in [6.07, 6.45) is 87.8. The van der Waals surface area contributed by atoms with Crippen LogP contribution in [0.5, 0.6) is 0 Å². The Morgan fingerprint density at radius 3 is 1.18 bits per heavy atom. The summed E-state index contributed by atoms with van der Waals surface area (Å²) >= 11 is 0. The topological polar surface area (TPSA) is 111 Å². The van der Waals surface area contributed by atoms with E-state index in [1.54, 1.807) is 0 Å². The van der Waals surface area contributed by atoms with Crippen molar-refractivity contribution in [2.75, 3.05) is 40.9 Å². The van der Waals surface area contributed by atoms with E-state index in [1.807, 2.05) is 33.3 Å². The molecule has 84 heavy (non-hydrogen) atoms. The minimum Gasteiger partial charge on any atom is -0.456 e. The first-order chi connectivity index (χ1) is 40.9. The van der Waals surface area contributed by atoms with Gasteiger partial charge in [0.25, 0.3) is 0 Å². The molecule has 9 nitrogen and oxygen atoms in total. The molecule has 0 aliphatic heterocycles. The molecule has 0 spiro atoms. The molecule has 0 aromatic carbocycles. The second-order valence-corrected chi connectivity index (χ2v) is 25.4. The van der Waals surface area contributed by atoms with E-state index < -0.39 is 20.0 Å². The SMILES string of the molecule is CC/C=C\C/C=C\C/C=C\C/C=C\C/C=C\CCCCCC(=O)NC(COP(=O)(O)OCC[N+](C)(C)C)C(/C=C\CCCCCCCCCCCC)OC(=O)CCCCCCCCCCCCC/C=C\C/C=C\C/C=C\C/C=C\CCCCC. The summed E-state index contributed by atoms with van der Waals surface area (Å²) in [5, 5.41) is 3.04. The van der Waals surface area contributed by atoms with E-state index in [0.29, 0.717) is 17.4 Å². The summed E-state index contributed by atoms with van der Waals surface area (Å²) in [4.78, 5) is 37.8. The normalized spacial score (nSPS) is 14.3. The molecule has 0 radical (unpaired) electrons. The Balaban J connectivity index is 5.15. The van der Waals surface area contributed by atoms with Crippen molar-refractivity contribution in [3.05, 3.63) is 122 Å². The van der Waals surface area contributed by atoms with Crippen molar-refractivity contribution >= 4 is 19.7 Å². The molecule has 2 N–H and O–H groups in total. The van der Waals surface area contributed by atoms with Gasteiger partial charge < -0.3 is 19.4 Å². The first-order valence-electron chi connectivity index (χ1n) is 34.4. The fourth-order valence-corrected chi connectivity index (χ4v) is 10.1. The zero-order chi connectivity index (χ0) is 61.4. The van der Waals surface area contributed by atoms with Gasteiger partial charge in [-0.05, 0) is 122 Å². The predicted molar refractivity (Wildman–Crippen MR) is 364 cm³/mol. The highest BCUT2D eigenvalue weighted by Gasteiger charge is 2.30. The van der Waals surface area contributed by atoms with E-state index in [-0.39, 0.29) is 37.9 Å². The third kappa shape index (κ3) is 62.9. The van der Waals surface area contributed by atoms with Crippen LogP contribution in [0.15, 0.2) is 122 Å². The average molecular weight is 1190 g/mol. The summed E-state index contributed by atoms with van der Waals surface area (Å²) in [5.74, 6) is -0.549. The number of carbonyl (C=O) groups excluding carboxylic acids is 2. The molecule has 0 saturated carbocycles. The number of carbonyl (C=O) groups is 2. The number of phosphoric acid groups is 1. The zero-order valence-corrected chi connectivity index (χ0v) is 56.0. The summed E-state index contributed by atoms with van der Waals surface area (Å²) in [7, 11) is 1.46. The molecule has 0 bridgehead atoms. The number of allylic oxidation sites excluding steroid dienone is 19. The Hall–Kier alpha value is -3.59. The molecule has 0 fully saturated rings. The molecule has 0 aromatic heterocycles. The number of unbranched alkanes of at least 4 members (excludes halogenated alkanes) is 27. The fourth-order valence-electron chi connectivity index (χ4n) is 9.36. The number of likely N-dealkylation sites (N-methyl/N-ethyl adjacent to an activating group) is 1. The maximum Gasteiger partial charge on any atom is 0.472 e. The molecular formula is C74H130N2O7P+. The number of ether oxygens (including phenoxy) is 1. The number of phosphoric ester groups is 1. The van der Waals surface area contributed by atoms with Crippen LogP contribution in [0.2, 0.25) is 0 Å². The summed E-state index contributed by atoms with van der Waals surface area (Å²) in [5.41, 5.74) is 0. The van der Waals surface area contributed by atoms with Gasteiger partial charge in [0.2, 0.25) is 5.91 Å². The number of amides is 1. The lowest BCUT2D eigenvalue weighted by Gasteiger charge is -2.27. The number of nitrogens with one attached hydrogen (secondary N) is 1. The molecule has 0 aliphatic rings. The van der Waals surface area contributed by atoms with Crippen LogP contribution in [-0.4, -0.2) is 74.3 Å². The van der Waals surface area contributed by atoms with Crippen LogP contribution in [0.3, 0.4) is 0 Å². The van der Waals surface area contributed by atoms with Gasteiger partial charge in [-0.2, -0.15) is 0 Å². The maximum absolute atomic E-state index is 13.6. The molecule has 3 atom stereocenters. The molecule has 0 aromatic rings. The largest absolute Gasteiger partial charge is 0.472 e. The minimum absolute atomic E-state index is 0.0272. The van der Waals surface area contributed by atoms with Gasteiger partial charge in [0.15, 0.2) is 0 Å². The standard InChI is InChI=1S/C74H129N2O7P/c1-7-10-13-16-19-22-25-28-30-32-34-35-36-37-38-39-40-41-43-45-47-49-52-55-58-61-64-67-74(78)83-72(65-62-59-56-53-50-27-24-21-18-15-12-9-3)71(70-82-84(79,80)81-69-68-76(4,5)6)75-73(77)66-63-60-57-54-51-48-46-44-42-33-31-29-26-23-20-17-14-11-8-2/h11,14,19-20,22-23,28-31,34-35,37-38,42,44,48,51,62,65,71-72H,7-10,12-13,15-18,21,24-27,32-33,36,39-41,43,45-47,49-50,52-61,63-64,66-70H2,1-6H3,(H-,75,77,79,80)/p+1/b14-11-,22-19-,23-20-,30-28-,31-29-,35-34-,38-37-,44-42-,51-48-,65-62-. The minimum atomic E-state index is -4.47. The van der Waals surface area contributed by atoms with Crippen molar-refractivity contribution in [2.24, 2.45) is 0 Å². The van der Waals surface area contributed by atoms with E-state index in [1.165, 1.54) is 128 Å². The highest BCUT2D eigenvalue weighted by Crippen LogP contribution is 2.43. The Morgan fingerprint density at radius 2 is 0.762 bits per heavy atom. The molecule has 0 rings (SSSR count). The highest BCUT2D eigenvalue weighted by molar-refractivity contribution is 7.47. The Bertz CT molecular complexity index is 1850. The molecular weight excluding hydrogens is 1060 g/mol. The van der Waals surface area contributed by atoms with Crippen LogP contribution < -0.4 is 5.32 Å². The molecule has 10 heteroatoms. The van der Waals surface area contributed by atoms with Crippen molar-refractivity contribution in [3.8, 4) is 0 Å². The molecule has 0 heterocycles. The van der Waals surface area contributed by atoms with Crippen molar-refractivity contribution in [1.29, 1.82) is 0 Å². The van der Waals surface area contributed by atoms with Gasteiger partial charge in [0.05, 0.1) is 33.8 Å². The first kappa shape index (κ1) is 80.4. The average Bonchev–Trinajstić information content (AvgIpc) is 3.64. The third-order valence-corrected chi connectivity index (χ3v) is 15.6. The number of hydrogen-bond acceptors (Lipinski definition) is 6. The lowest BCUT2D eigenvalue weighted by molar-refractivity contribution is -0.870. The van der Waals surface area contributed by atoms with Gasteiger partial charge in [-0.3, -0.25) is 18.6 Å². The summed E-state index contributed by atoms with van der Waals surface area (Å²) < 4.78 is 30.8. The first-order valence-corrected chi connectivity index (χ1v) is 35.9. The van der Waals surface area contributed by atoms with E-state index in [9.17, 15) is 19.0 Å². The van der Waals surface area contributed by atoms with Gasteiger partial charge in [-0.1, -0.05) is 271 Å². The Morgan fingerprint density at radius 1 is 0.429 bits per heavy atom. The Kier molecular flexibility index (Phi) is 59.8. The van der Waals surface area contributed by atoms with E-state index >= 15 is 0 Å². The summed E-state index contributed by atoms with van der Waals surface area (Å²) in [6, 6.07) is -0.876. The van der Waals surface area contributed by atoms with Gasteiger partial charge in [-0.25, -0.2) is 4.57 Å². The van der Waals surface area contributed by atoms with Crippen LogP contribution in [0, 0.1) is 0 Å². The van der Waals surface area contributed by atoms with Crippen LogP contribution in [0.1, 0.15) is 284 Å². The van der Waals surface area contributed by atoms with Crippen LogP contribution >= 0.6 is 7.82 Å². The number of quaternary nitrogens is 1. The van der Waals surface area contributed by atoms with Gasteiger partial charge in [0.1, 0.15) is 19.3 Å². The lowest BCUT2D eigenvalue weighted by atomic mass is 10.0. The second kappa shape index (κ2) is 62.5. The van der Waals surface area contributed by atoms with E-state index in [4.69, 9.17) is 13.8 Å². The fraction of sp³-hybridized carbons (Fsp3) is 0.703. The van der Waals surface area contributed by atoms with Crippen LogP contribution in [0.4, 0.5) is 0 Å². The highest BCUT2D eigenvalue weighted by atomic mass is 31.2. The van der Waals surface area contributed by atoms with E-state index in [0.717, 1.165) is 116 Å². The van der Waals surface area contributed by atoms with Crippen molar-refractivity contribution in [1.82, 2.24) is 5.32 Å². The molecule has 0 aliphatic carbocycles. The number of hydrogen-bond donors (Lipinski definition) is 2.